The van der Waals surface area contributed by atoms with E-state index in [0.29, 0.717) is 5.56 Å². The molecule has 144 valence electrons. The third kappa shape index (κ3) is 5.30. The number of hydrogen-bond donors (Lipinski definition) is 1. The van der Waals surface area contributed by atoms with Crippen LogP contribution in [-0.4, -0.2) is 28.0 Å². The Morgan fingerprint density at radius 2 is 1.86 bits per heavy atom. The van der Waals surface area contributed by atoms with Crippen LogP contribution in [0.4, 0.5) is 5.69 Å². The van der Waals surface area contributed by atoms with Crippen LogP contribution >= 0.6 is 0 Å². The molecule has 0 atom stereocenters. The minimum absolute atomic E-state index is 0.118. The molecule has 2 aromatic carbocycles. The molecule has 3 rings (SSSR count). The molecule has 0 unspecified atom stereocenters. The summed E-state index contributed by atoms with van der Waals surface area (Å²) in [5.41, 5.74) is 3.23. The lowest BCUT2D eigenvalue weighted by Gasteiger charge is -2.05. The van der Waals surface area contributed by atoms with Gasteiger partial charge >= 0.3 is 5.97 Å². The van der Waals surface area contributed by atoms with E-state index in [1.54, 1.807) is 42.5 Å². The highest BCUT2D eigenvalue weighted by Gasteiger charge is 2.11. The molecule has 0 radical (unpaired) electrons. The molecule has 1 aromatic heterocycles. The van der Waals surface area contributed by atoms with E-state index in [1.807, 2.05) is 0 Å². The Kier molecular flexibility index (Phi) is 6.01. The summed E-state index contributed by atoms with van der Waals surface area (Å²) in [5.74, 6) is -0.853. The topological polar surface area (TPSA) is 124 Å². The van der Waals surface area contributed by atoms with E-state index in [4.69, 9.17) is 4.74 Å². The number of hydrogen-bond acceptors (Lipinski definition) is 7. The van der Waals surface area contributed by atoms with Crippen LogP contribution in [0.2, 0.25) is 0 Å². The number of amides is 1. The van der Waals surface area contributed by atoms with Gasteiger partial charge in [-0.1, -0.05) is 18.2 Å². The maximum absolute atomic E-state index is 12.2. The maximum atomic E-state index is 12.2. The maximum Gasteiger partial charge on any atom is 0.343 e. The van der Waals surface area contributed by atoms with Crippen molar-refractivity contribution in [2.75, 3.05) is 0 Å². The first kappa shape index (κ1) is 19.4. The zero-order valence-corrected chi connectivity index (χ0v) is 14.9. The van der Waals surface area contributed by atoms with E-state index < -0.39 is 16.8 Å². The number of non-ortho nitro benzene ring substituents is 1. The molecule has 0 aliphatic heterocycles. The Labute approximate surface area is 164 Å². The molecule has 0 saturated carbocycles. The predicted octanol–water partition coefficient (Wildman–Crippen LogP) is 2.97. The zero-order valence-electron chi connectivity index (χ0n) is 14.9. The van der Waals surface area contributed by atoms with Gasteiger partial charge in [0.1, 0.15) is 11.4 Å². The van der Waals surface area contributed by atoms with Gasteiger partial charge in [0, 0.05) is 18.3 Å². The first-order chi connectivity index (χ1) is 14.0. The van der Waals surface area contributed by atoms with E-state index in [1.165, 1.54) is 36.7 Å². The Morgan fingerprint density at radius 3 is 2.55 bits per heavy atom. The second-order valence-corrected chi connectivity index (χ2v) is 5.68. The summed E-state index contributed by atoms with van der Waals surface area (Å²) in [5, 5.41) is 14.5. The van der Waals surface area contributed by atoms with Gasteiger partial charge in [0.2, 0.25) is 0 Å². The number of nitrogens with one attached hydrogen (secondary N) is 1. The highest BCUT2D eigenvalue weighted by molar-refractivity contribution is 5.93. The number of carbonyl (C=O) groups is 2. The molecular formula is C20H14N4O5. The number of ether oxygens (including phenoxy) is 1. The first-order valence-electron chi connectivity index (χ1n) is 8.34. The van der Waals surface area contributed by atoms with Crippen molar-refractivity contribution in [1.82, 2.24) is 10.4 Å². The van der Waals surface area contributed by atoms with Crippen LogP contribution in [0.1, 0.15) is 26.4 Å². The molecule has 9 heteroatoms. The van der Waals surface area contributed by atoms with Gasteiger partial charge in [-0.25, -0.2) is 10.2 Å². The molecule has 0 spiro atoms. The number of nitrogens with zero attached hydrogens (tertiary/aromatic N) is 3. The SMILES string of the molecule is O=C(Oc1cccc(C=NNC(=O)c2ccccn2)c1)c1ccc([N+](=O)[O-])cc1. The summed E-state index contributed by atoms with van der Waals surface area (Å²) in [4.78, 5) is 38.1. The minimum Gasteiger partial charge on any atom is -0.423 e. The molecule has 29 heavy (non-hydrogen) atoms. The van der Waals surface area contributed by atoms with Crippen molar-refractivity contribution in [3.05, 3.63) is 99.9 Å². The van der Waals surface area contributed by atoms with Crippen molar-refractivity contribution < 1.29 is 19.2 Å². The number of aromatic nitrogens is 1. The number of hydrazone groups is 1. The summed E-state index contributed by atoms with van der Waals surface area (Å²) in [7, 11) is 0. The van der Waals surface area contributed by atoms with Gasteiger partial charge in [0.25, 0.3) is 11.6 Å². The first-order valence-corrected chi connectivity index (χ1v) is 8.34. The van der Waals surface area contributed by atoms with Gasteiger partial charge in [-0.15, -0.1) is 0 Å². The van der Waals surface area contributed by atoms with Gasteiger partial charge in [0.15, 0.2) is 0 Å². The Bertz CT molecular complexity index is 1070. The van der Waals surface area contributed by atoms with E-state index in [0.717, 1.165) is 0 Å². The molecule has 1 N–H and O–H groups in total. The third-order valence-corrected chi connectivity index (χ3v) is 3.66. The third-order valence-electron chi connectivity index (χ3n) is 3.66. The van der Waals surface area contributed by atoms with Crippen molar-refractivity contribution >= 4 is 23.8 Å². The number of rotatable bonds is 6. The van der Waals surface area contributed by atoms with E-state index >= 15 is 0 Å². The van der Waals surface area contributed by atoms with Gasteiger partial charge in [0.05, 0.1) is 16.7 Å². The van der Waals surface area contributed by atoms with Gasteiger partial charge in [-0.2, -0.15) is 5.10 Å². The molecule has 0 aliphatic rings. The summed E-state index contributed by atoms with van der Waals surface area (Å²) in [6, 6.07) is 16.5. The lowest BCUT2D eigenvalue weighted by molar-refractivity contribution is -0.384. The number of esters is 1. The van der Waals surface area contributed by atoms with Crippen molar-refractivity contribution in [2.45, 2.75) is 0 Å². The molecule has 3 aromatic rings. The monoisotopic (exact) mass is 390 g/mol. The molecule has 1 amide bonds. The molecular weight excluding hydrogens is 376 g/mol. The Balaban J connectivity index is 1.62. The number of benzene rings is 2. The van der Waals surface area contributed by atoms with Crippen molar-refractivity contribution in [3.8, 4) is 5.75 Å². The highest BCUT2D eigenvalue weighted by atomic mass is 16.6. The van der Waals surface area contributed by atoms with Gasteiger partial charge in [-0.3, -0.25) is 19.9 Å². The fourth-order valence-corrected chi connectivity index (χ4v) is 2.26. The normalized spacial score (nSPS) is 10.5. The molecule has 1 heterocycles. The fraction of sp³-hybridized carbons (Fsp3) is 0. The van der Waals surface area contributed by atoms with Crippen LogP contribution in [0, 0.1) is 10.1 Å². The summed E-state index contributed by atoms with van der Waals surface area (Å²) in [6.07, 6.45) is 2.89. The van der Waals surface area contributed by atoms with Crippen molar-refractivity contribution in [3.63, 3.8) is 0 Å². The Hall–Kier alpha value is -4.40. The van der Waals surface area contributed by atoms with Crippen LogP contribution in [0.5, 0.6) is 5.75 Å². The number of pyridine rings is 1. The molecule has 0 bridgehead atoms. The standard InChI is InChI=1S/C20H14N4O5/c25-19(18-6-1-2-11-21-18)23-22-13-14-4-3-5-17(12-14)29-20(26)15-7-9-16(10-8-15)24(27)28/h1-13H,(H,23,25). The van der Waals surface area contributed by atoms with Crippen LogP contribution in [0.3, 0.4) is 0 Å². The van der Waals surface area contributed by atoms with E-state index in [-0.39, 0.29) is 22.7 Å². The largest absolute Gasteiger partial charge is 0.423 e. The van der Waals surface area contributed by atoms with Crippen LogP contribution < -0.4 is 10.2 Å². The second-order valence-electron chi connectivity index (χ2n) is 5.68. The average Bonchev–Trinajstić information content (AvgIpc) is 2.74. The van der Waals surface area contributed by atoms with E-state index in [9.17, 15) is 19.7 Å². The number of nitro groups is 1. The quantitative estimate of drug-likeness (QED) is 0.227. The second kappa shape index (κ2) is 9.00. The van der Waals surface area contributed by atoms with Gasteiger partial charge in [-0.05, 0) is 42.0 Å². The van der Waals surface area contributed by atoms with Crippen molar-refractivity contribution in [2.24, 2.45) is 5.10 Å². The predicted molar refractivity (Wildman–Crippen MR) is 104 cm³/mol. The molecule has 0 aliphatic carbocycles. The Morgan fingerprint density at radius 1 is 1.07 bits per heavy atom. The number of carbonyl (C=O) groups excluding carboxylic acids is 2. The average molecular weight is 390 g/mol. The molecule has 0 saturated heterocycles. The molecule has 0 fully saturated rings. The van der Waals surface area contributed by atoms with Crippen LogP contribution in [0.15, 0.2) is 78.0 Å². The summed E-state index contributed by atoms with van der Waals surface area (Å²) >= 11 is 0. The van der Waals surface area contributed by atoms with Gasteiger partial charge < -0.3 is 4.74 Å². The zero-order chi connectivity index (χ0) is 20.6. The highest BCUT2D eigenvalue weighted by Crippen LogP contribution is 2.16. The number of nitro benzene ring substituents is 1. The molecule has 9 nitrogen and oxygen atoms in total. The lowest BCUT2D eigenvalue weighted by atomic mass is 10.2. The van der Waals surface area contributed by atoms with Crippen LogP contribution in [0.25, 0.3) is 0 Å². The summed E-state index contributed by atoms with van der Waals surface area (Å²) < 4.78 is 5.27. The smallest absolute Gasteiger partial charge is 0.343 e. The van der Waals surface area contributed by atoms with Crippen LogP contribution in [-0.2, 0) is 0 Å². The lowest BCUT2D eigenvalue weighted by Crippen LogP contribution is -2.18. The minimum atomic E-state index is -0.655. The van der Waals surface area contributed by atoms with Crippen molar-refractivity contribution in [1.29, 1.82) is 0 Å². The summed E-state index contributed by atoms with van der Waals surface area (Å²) in [6.45, 7) is 0. The fourth-order valence-electron chi connectivity index (χ4n) is 2.26. The van der Waals surface area contributed by atoms with E-state index in [2.05, 4.69) is 15.5 Å².